The molecule has 2 N–H and O–H groups in total. The third-order valence-corrected chi connectivity index (χ3v) is 8.45. The Bertz CT molecular complexity index is 1380. The summed E-state index contributed by atoms with van der Waals surface area (Å²) in [6, 6.07) is 9.05. The van der Waals surface area contributed by atoms with E-state index in [1.54, 1.807) is 24.0 Å². The monoisotopic (exact) mass is 570 g/mol. The molecule has 40 heavy (non-hydrogen) atoms. The quantitative estimate of drug-likeness (QED) is 0.434. The lowest BCUT2D eigenvalue weighted by molar-refractivity contribution is -0.154. The average molecular weight is 571 g/mol. The Labute approximate surface area is 234 Å². The molecule has 0 bridgehead atoms. The van der Waals surface area contributed by atoms with Gasteiger partial charge in [0.05, 0.1) is 36.4 Å². The number of carbonyl (C=O) groups excluding carboxylic acids is 2. The third kappa shape index (κ3) is 4.91. The van der Waals surface area contributed by atoms with Crippen LogP contribution < -0.4 is 4.90 Å². The second kappa shape index (κ2) is 10.9. The highest BCUT2D eigenvalue weighted by molar-refractivity contribution is 7.20. The van der Waals surface area contributed by atoms with Crippen molar-refractivity contribution >= 4 is 34.3 Å². The highest BCUT2D eigenvalue weighted by Crippen LogP contribution is 2.47. The molecule has 2 atom stereocenters. The fourth-order valence-electron chi connectivity index (χ4n) is 4.78. The van der Waals surface area contributed by atoms with Crippen LogP contribution in [0.4, 0.5) is 9.80 Å². The van der Waals surface area contributed by atoms with Crippen molar-refractivity contribution in [1.82, 2.24) is 14.8 Å². The molecule has 5 rings (SSSR count). The summed E-state index contributed by atoms with van der Waals surface area (Å²) in [5, 5.41) is 22.0. The minimum absolute atomic E-state index is 0.0707. The topological polar surface area (TPSA) is 146 Å². The van der Waals surface area contributed by atoms with E-state index in [9.17, 15) is 24.6 Å². The number of oxazole rings is 1. The summed E-state index contributed by atoms with van der Waals surface area (Å²) in [5.41, 5.74) is -0.336. The first-order chi connectivity index (χ1) is 19.1. The number of thiophene rings is 1. The summed E-state index contributed by atoms with van der Waals surface area (Å²) >= 11 is 1.19. The van der Waals surface area contributed by atoms with Crippen LogP contribution in [0.25, 0.3) is 10.8 Å². The van der Waals surface area contributed by atoms with Gasteiger partial charge in [-0.15, -0.1) is 11.3 Å². The van der Waals surface area contributed by atoms with Crippen LogP contribution in [0, 0.1) is 6.92 Å². The Morgan fingerprint density at radius 2 is 1.93 bits per heavy atom. The summed E-state index contributed by atoms with van der Waals surface area (Å²) in [4.78, 5) is 47.9. The van der Waals surface area contributed by atoms with Crippen molar-refractivity contribution in [1.29, 1.82) is 0 Å². The summed E-state index contributed by atoms with van der Waals surface area (Å²) < 4.78 is 16.8. The van der Waals surface area contributed by atoms with E-state index in [2.05, 4.69) is 4.98 Å². The molecule has 2 unspecified atom stereocenters. The zero-order valence-corrected chi connectivity index (χ0v) is 23.1. The molecule has 0 spiro atoms. The molecule has 2 aliphatic rings. The lowest BCUT2D eigenvalue weighted by Gasteiger charge is -2.47. The molecule has 0 aliphatic carbocycles. The number of hydrogen-bond donors (Lipinski definition) is 2. The van der Waals surface area contributed by atoms with Crippen LogP contribution in [0.3, 0.4) is 0 Å². The number of carboxylic acid groups (broad SMARTS) is 1. The first-order valence-corrected chi connectivity index (χ1v) is 13.6. The van der Waals surface area contributed by atoms with Crippen molar-refractivity contribution in [2.24, 2.45) is 0 Å². The van der Waals surface area contributed by atoms with Gasteiger partial charge < -0.3 is 33.9 Å². The van der Waals surface area contributed by atoms with E-state index in [4.69, 9.17) is 13.9 Å². The second-order valence-electron chi connectivity index (χ2n) is 9.99. The number of carboxylic acids is 1. The van der Waals surface area contributed by atoms with Gasteiger partial charge >= 0.3 is 12.1 Å². The lowest BCUT2D eigenvalue weighted by Crippen LogP contribution is -2.65. The normalized spacial score (nSPS) is 18.4. The Hall–Kier alpha value is -3.94. The number of carbonyl (C=O) groups is 3. The zero-order valence-electron chi connectivity index (χ0n) is 22.3. The van der Waals surface area contributed by atoms with Crippen molar-refractivity contribution in [3.8, 4) is 10.8 Å². The van der Waals surface area contributed by atoms with Crippen molar-refractivity contribution in [3.63, 3.8) is 0 Å². The summed E-state index contributed by atoms with van der Waals surface area (Å²) in [6.45, 7) is 5.93. The van der Waals surface area contributed by atoms with Gasteiger partial charge in [-0.05, 0) is 31.9 Å². The van der Waals surface area contributed by atoms with E-state index in [1.807, 2.05) is 18.2 Å². The number of aromatic nitrogens is 1. The highest BCUT2D eigenvalue weighted by atomic mass is 32.1. The van der Waals surface area contributed by atoms with Crippen LogP contribution in [0.15, 0.2) is 47.2 Å². The van der Waals surface area contributed by atoms with Gasteiger partial charge in [0.2, 0.25) is 12.2 Å². The van der Waals surface area contributed by atoms with E-state index in [1.165, 1.54) is 42.5 Å². The molecule has 2 aromatic heterocycles. The number of aliphatic hydroxyl groups excluding tert-OH is 1. The minimum Gasteiger partial charge on any atom is -0.480 e. The van der Waals surface area contributed by atoms with Gasteiger partial charge in [0.15, 0.2) is 0 Å². The zero-order chi connectivity index (χ0) is 28.6. The number of morpholine rings is 1. The number of aliphatic carboxylic acids is 1. The lowest BCUT2D eigenvalue weighted by atomic mass is 9.98. The molecule has 1 fully saturated rings. The molecule has 0 saturated carbocycles. The van der Waals surface area contributed by atoms with Gasteiger partial charge in [-0.3, -0.25) is 9.69 Å². The molecule has 2 aliphatic heterocycles. The Morgan fingerprint density at radius 1 is 1.23 bits per heavy atom. The maximum Gasteiger partial charge on any atom is 0.410 e. The third-order valence-electron chi connectivity index (χ3n) is 7.13. The minimum atomic E-state index is -1.77. The Morgan fingerprint density at radius 3 is 2.55 bits per heavy atom. The standard InChI is InChI=1S/C27H30N4O8S/c1-16-19-22(32)31(27(2,3)24(33)34)25(35)30(23(19)40-20(16)21-28-9-12-38-21)15-18(17-7-5-4-6-8-17)39-26(36)29-10-13-37-14-11-29/h4-9,12,18,25,35H,10-11,13-15H2,1-3H3,(H,33,34). The van der Waals surface area contributed by atoms with Gasteiger partial charge in [-0.1, -0.05) is 30.3 Å². The van der Waals surface area contributed by atoms with Gasteiger partial charge in [0.25, 0.3) is 5.91 Å². The van der Waals surface area contributed by atoms with Crippen molar-refractivity contribution in [2.75, 3.05) is 37.7 Å². The number of fused-ring (bicyclic) bond motifs is 1. The largest absolute Gasteiger partial charge is 0.480 e. The van der Waals surface area contributed by atoms with Gasteiger partial charge in [0, 0.05) is 13.1 Å². The molecular weight excluding hydrogens is 540 g/mol. The second-order valence-corrected chi connectivity index (χ2v) is 11.0. The van der Waals surface area contributed by atoms with E-state index in [-0.39, 0.29) is 12.1 Å². The van der Waals surface area contributed by atoms with Crippen molar-refractivity contribution < 1.29 is 38.5 Å². The number of amides is 2. The molecule has 3 aromatic rings. The summed E-state index contributed by atoms with van der Waals surface area (Å²) in [6.07, 6.45) is -0.175. The number of aliphatic hydroxyl groups is 1. The van der Waals surface area contributed by atoms with E-state index < -0.39 is 36.0 Å². The van der Waals surface area contributed by atoms with Gasteiger partial charge in [0.1, 0.15) is 22.9 Å². The summed E-state index contributed by atoms with van der Waals surface area (Å²) in [5.74, 6) is -1.64. The molecule has 2 amide bonds. The molecular formula is C27H30N4O8S. The van der Waals surface area contributed by atoms with Crippen LogP contribution in [0.2, 0.25) is 0 Å². The van der Waals surface area contributed by atoms with E-state index >= 15 is 0 Å². The smallest absolute Gasteiger partial charge is 0.410 e. The number of benzene rings is 1. The van der Waals surface area contributed by atoms with Gasteiger partial charge in [-0.25, -0.2) is 14.6 Å². The number of rotatable bonds is 7. The Balaban J connectivity index is 1.58. The first kappa shape index (κ1) is 27.6. The van der Waals surface area contributed by atoms with E-state index in [0.29, 0.717) is 53.2 Å². The predicted octanol–water partition coefficient (Wildman–Crippen LogP) is 3.32. The fraction of sp³-hybridized carbons (Fsp3) is 0.407. The molecule has 212 valence electrons. The number of ether oxygens (including phenoxy) is 2. The maximum atomic E-state index is 13.8. The predicted molar refractivity (Wildman–Crippen MR) is 144 cm³/mol. The van der Waals surface area contributed by atoms with Crippen LogP contribution in [0.5, 0.6) is 0 Å². The van der Waals surface area contributed by atoms with Crippen LogP contribution in [0.1, 0.15) is 41.4 Å². The van der Waals surface area contributed by atoms with Gasteiger partial charge in [-0.2, -0.15) is 0 Å². The molecule has 1 aromatic carbocycles. The molecule has 1 saturated heterocycles. The molecule has 4 heterocycles. The molecule has 12 nitrogen and oxygen atoms in total. The number of hydrogen-bond acceptors (Lipinski definition) is 10. The number of nitrogens with zero attached hydrogens (tertiary/aromatic N) is 4. The molecule has 13 heteroatoms. The average Bonchev–Trinajstić information content (AvgIpc) is 3.59. The van der Waals surface area contributed by atoms with Crippen molar-refractivity contribution in [3.05, 3.63) is 59.5 Å². The first-order valence-electron chi connectivity index (χ1n) is 12.7. The Kier molecular flexibility index (Phi) is 7.53. The van der Waals surface area contributed by atoms with Crippen LogP contribution in [-0.2, 0) is 14.3 Å². The van der Waals surface area contributed by atoms with E-state index in [0.717, 1.165) is 4.90 Å². The van der Waals surface area contributed by atoms with Crippen LogP contribution >= 0.6 is 11.3 Å². The fourth-order valence-corrected chi connectivity index (χ4v) is 6.05. The SMILES string of the molecule is Cc1c(-c2ncco2)sc2c1C(=O)N(C(C)(C)C(=O)O)C(O)N2CC(OC(=O)N1CCOCC1)c1ccccc1. The number of anilines is 1. The highest BCUT2D eigenvalue weighted by Gasteiger charge is 2.50. The maximum absolute atomic E-state index is 13.8. The molecule has 0 radical (unpaired) electrons. The van der Waals surface area contributed by atoms with Crippen LogP contribution in [-0.4, -0.2) is 87.7 Å². The summed E-state index contributed by atoms with van der Waals surface area (Å²) in [7, 11) is 0. The van der Waals surface area contributed by atoms with Crippen molar-refractivity contribution in [2.45, 2.75) is 38.8 Å².